The summed E-state index contributed by atoms with van der Waals surface area (Å²) < 4.78 is 0. The molecule has 2 rings (SSSR count). The predicted octanol–water partition coefficient (Wildman–Crippen LogP) is 2.01. The standard InChI is InChI=1S/C16H23NO3/c1-12-4-2-5-13(10-12)14-7-9-17(11-14)8-3-6-15(18)16(19)20/h2,4-5,10,14-15,18H,3,6-9,11H2,1H3,(H,19,20). The average molecular weight is 277 g/mol. The van der Waals surface area contributed by atoms with Gasteiger partial charge in [0, 0.05) is 6.54 Å². The molecule has 4 heteroatoms. The lowest BCUT2D eigenvalue weighted by Crippen LogP contribution is -2.25. The molecule has 1 aliphatic rings. The fourth-order valence-electron chi connectivity index (χ4n) is 2.86. The van der Waals surface area contributed by atoms with Crippen molar-refractivity contribution in [2.24, 2.45) is 0 Å². The minimum Gasteiger partial charge on any atom is -0.479 e. The van der Waals surface area contributed by atoms with E-state index in [1.54, 1.807) is 0 Å². The van der Waals surface area contributed by atoms with Gasteiger partial charge in [0.1, 0.15) is 0 Å². The van der Waals surface area contributed by atoms with Gasteiger partial charge in [-0.25, -0.2) is 4.79 Å². The van der Waals surface area contributed by atoms with E-state index in [9.17, 15) is 9.90 Å². The van der Waals surface area contributed by atoms with Gasteiger partial charge in [-0.15, -0.1) is 0 Å². The lowest BCUT2D eigenvalue weighted by Gasteiger charge is -2.16. The number of nitrogens with zero attached hydrogens (tertiary/aromatic N) is 1. The summed E-state index contributed by atoms with van der Waals surface area (Å²) in [7, 11) is 0. The monoisotopic (exact) mass is 277 g/mol. The number of benzene rings is 1. The van der Waals surface area contributed by atoms with Crippen LogP contribution < -0.4 is 0 Å². The van der Waals surface area contributed by atoms with Gasteiger partial charge >= 0.3 is 5.97 Å². The first-order chi connectivity index (χ1) is 9.56. The van der Waals surface area contributed by atoms with E-state index in [1.165, 1.54) is 11.1 Å². The Labute approximate surface area is 120 Å². The van der Waals surface area contributed by atoms with Crippen LogP contribution in [0.25, 0.3) is 0 Å². The maximum Gasteiger partial charge on any atom is 0.332 e. The molecular formula is C16H23NO3. The summed E-state index contributed by atoms with van der Waals surface area (Å²) in [6.07, 6.45) is 1.00. The van der Waals surface area contributed by atoms with E-state index >= 15 is 0 Å². The van der Waals surface area contributed by atoms with Crippen molar-refractivity contribution in [1.82, 2.24) is 4.90 Å². The summed E-state index contributed by atoms with van der Waals surface area (Å²) in [5.41, 5.74) is 2.70. The Hall–Kier alpha value is -1.39. The molecule has 20 heavy (non-hydrogen) atoms. The SMILES string of the molecule is Cc1cccc(C2CCN(CCCC(O)C(=O)O)C2)c1. The molecule has 0 saturated carbocycles. The second-order valence-corrected chi connectivity index (χ2v) is 5.70. The number of hydrogen-bond acceptors (Lipinski definition) is 3. The number of carbonyl (C=O) groups is 1. The number of carboxylic acid groups (broad SMARTS) is 1. The summed E-state index contributed by atoms with van der Waals surface area (Å²) in [6.45, 7) is 5.07. The van der Waals surface area contributed by atoms with Crippen molar-refractivity contribution in [3.8, 4) is 0 Å². The molecule has 1 aliphatic heterocycles. The highest BCUT2D eigenvalue weighted by atomic mass is 16.4. The summed E-state index contributed by atoms with van der Waals surface area (Å²) >= 11 is 0. The van der Waals surface area contributed by atoms with Crippen molar-refractivity contribution >= 4 is 5.97 Å². The van der Waals surface area contributed by atoms with E-state index in [-0.39, 0.29) is 0 Å². The second kappa shape index (κ2) is 6.86. The van der Waals surface area contributed by atoms with Crippen molar-refractivity contribution < 1.29 is 15.0 Å². The van der Waals surface area contributed by atoms with Gasteiger partial charge in [0.25, 0.3) is 0 Å². The fourth-order valence-corrected chi connectivity index (χ4v) is 2.86. The van der Waals surface area contributed by atoms with Crippen LogP contribution >= 0.6 is 0 Å². The van der Waals surface area contributed by atoms with Crippen molar-refractivity contribution in [3.05, 3.63) is 35.4 Å². The van der Waals surface area contributed by atoms with Crippen molar-refractivity contribution in [2.75, 3.05) is 19.6 Å². The third-order valence-corrected chi connectivity index (χ3v) is 4.02. The molecule has 1 fully saturated rings. The molecule has 0 radical (unpaired) electrons. The van der Waals surface area contributed by atoms with Crippen LogP contribution in [0, 0.1) is 6.92 Å². The molecule has 1 heterocycles. The van der Waals surface area contributed by atoms with Crippen LogP contribution in [-0.2, 0) is 4.79 Å². The first-order valence-electron chi connectivity index (χ1n) is 7.26. The summed E-state index contributed by atoms with van der Waals surface area (Å²) in [5.74, 6) is -0.539. The molecule has 2 N–H and O–H groups in total. The quantitative estimate of drug-likeness (QED) is 0.835. The summed E-state index contributed by atoms with van der Waals surface area (Å²) in [4.78, 5) is 12.9. The smallest absolute Gasteiger partial charge is 0.332 e. The van der Waals surface area contributed by atoms with Gasteiger partial charge in [0.2, 0.25) is 0 Å². The minimum atomic E-state index is -1.22. The van der Waals surface area contributed by atoms with Gasteiger partial charge in [-0.3, -0.25) is 0 Å². The van der Waals surface area contributed by atoms with Crippen molar-refractivity contribution in [3.63, 3.8) is 0 Å². The van der Waals surface area contributed by atoms with Crippen LogP contribution in [0.15, 0.2) is 24.3 Å². The highest BCUT2D eigenvalue weighted by Crippen LogP contribution is 2.27. The lowest BCUT2D eigenvalue weighted by atomic mass is 9.97. The van der Waals surface area contributed by atoms with Gasteiger partial charge in [0.15, 0.2) is 6.10 Å². The van der Waals surface area contributed by atoms with Crippen LogP contribution in [0.1, 0.15) is 36.3 Å². The highest BCUT2D eigenvalue weighted by molar-refractivity contribution is 5.71. The third kappa shape index (κ3) is 4.05. The maximum absolute atomic E-state index is 10.5. The lowest BCUT2D eigenvalue weighted by molar-refractivity contribution is -0.147. The Morgan fingerprint density at radius 1 is 1.50 bits per heavy atom. The molecule has 1 saturated heterocycles. The van der Waals surface area contributed by atoms with E-state index in [0.717, 1.165) is 32.5 Å². The molecule has 110 valence electrons. The third-order valence-electron chi connectivity index (χ3n) is 4.02. The van der Waals surface area contributed by atoms with E-state index in [2.05, 4.69) is 36.1 Å². The van der Waals surface area contributed by atoms with Crippen LogP contribution in [0.2, 0.25) is 0 Å². The number of aliphatic hydroxyl groups is 1. The van der Waals surface area contributed by atoms with Gasteiger partial charge < -0.3 is 15.1 Å². The summed E-state index contributed by atoms with van der Waals surface area (Å²) in [6, 6.07) is 8.66. The Balaban J connectivity index is 1.77. The zero-order valence-corrected chi connectivity index (χ0v) is 12.0. The number of rotatable bonds is 6. The zero-order valence-electron chi connectivity index (χ0n) is 12.0. The first-order valence-corrected chi connectivity index (χ1v) is 7.26. The van der Waals surface area contributed by atoms with E-state index < -0.39 is 12.1 Å². The number of aliphatic carboxylic acids is 1. The predicted molar refractivity (Wildman–Crippen MR) is 77.9 cm³/mol. The summed E-state index contributed by atoms with van der Waals surface area (Å²) in [5, 5.41) is 17.9. The molecule has 0 amide bonds. The molecule has 4 nitrogen and oxygen atoms in total. The minimum absolute atomic E-state index is 0.334. The van der Waals surface area contributed by atoms with Gasteiger partial charge in [-0.05, 0) is 50.8 Å². The molecule has 1 aromatic rings. The Morgan fingerprint density at radius 3 is 3.00 bits per heavy atom. The number of aliphatic hydroxyl groups excluding tert-OH is 1. The zero-order chi connectivity index (χ0) is 14.5. The highest BCUT2D eigenvalue weighted by Gasteiger charge is 2.23. The molecular weight excluding hydrogens is 254 g/mol. The Morgan fingerprint density at radius 2 is 2.30 bits per heavy atom. The number of likely N-dealkylation sites (tertiary alicyclic amines) is 1. The van der Waals surface area contributed by atoms with Crippen molar-refractivity contribution in [1.29, 1.82) is 0 Å². The molecule has 2 atom stereocenters. The van der Waals surface area contributed by atoms with Crippen LogP contribution in [0.4, 0.5) is 0 Å². The van der Waals surface area contributed by atoms with E-state index in [0.29, 0.717) is 12.3 Å². The number of carboxylic acids is 1. The second-order valence-electron chi connectivity index (χ2n) is 5.70. The Kier molecular flexibility index (Phi) is 5.15. The van der Waals surface area contributed by atoms with Crippen molar-refractivity contribution in [2.45, 2.75) is 38.2 Å². The molecule has 2 unspecified atom stereocenters. The maximum atomic E-state index is 10.5. The number of hydrogen-bond donors (Lipinski definition) is 2. The van der Waals surface area contributed by atoms with E-state index in [1.807, 2.05) is 0 Å². The Bertz CT molecular complexity index is 461. The van der Waals surface area contributed by atoms with Gasteiger partial charge in [0.05, 0.1) is 0 Å². The molecule has 0 aliphatic carbocycles. The van der Waals surface area contributed by atoms with Crippen LogP contribution in [-0.4, -0.2) is 46.8 Å². The van der Waals surface area contributed by atoms with Crippen LogP contribution in [0.3, 0.4) is 0 Å². The van der Waals surface area contributed by atoms with Gasteiger partial charge in [-0.1, -0.05) is 29.8 Å². The largest absolute Gasteiger partial charge is 0.479 e. The first kappa shape index (κ1) is 15.0. The van der Waals surface area contributed by atoms with E-state index in [4.69, 9.17) is 5.11 Å². The average Bonchev–Trinajstić information content (AvgIpc) is 2.87. The van der Waals surface area contributed by atoms with Gasteiger partial charge in [-0.2, -0.15) is 0 Å². The topological polar surface area (TPSA) is 60.8 Å². The molecule has 1 aromatic carbocycles. The molecule has 0 bridgehead atoms. The fraction of sp³-hybridized carbons (Fsp3) is 0.562. The number of aryl methyl sites for hydroxylation is 1. The van der Waals surface area contributed by atoms with Crippen LogP contribution in [0.5, 0.6) is 0 Å². The molecule has 0 aromatic heterocycles. The normalized spacial score (nSPS) is 21.0. The molecule has 0 spiro atoms.